The molecule has 0 aliphatic carbocycles. The number of unbranched alkanes of at least 4 members (excludes halogenated alkanes) is 1. The maximum absolute atomic E-state index is 14.5. The van der Waals surface area contributed by atoms with E-state index >= 15 is 0 Å². The Morgan fingerprint density at radius 2 is 1.93 bits per heavy atom. The van der Waals surface area contributed by atoms with Crippen molar-refractivity contribution in [3.8, 4) is 0 Å². The zero-order valence-corrected chi connectivity index (χ0v) is 16.5. The van der Waals surface area contributed by atoms with Gasteiger partial charge in [-0.2, -0.15) is 0 Å². The van der Waals surface area contributed by atoms with Gasteiger partial charge in [0.2, 0.25) is 0 Å². The standard InChI is InChI=1S/C16H18ClFN4O4S/c1-4-5-6-19-26-13(23)9-7-12(11(18)8-10(9)17)22-14(24)20(2)16(27)21(3)15(22)25/h6-8,16,27H,4-5H2,1-3H3. The topological polar surface area (TPSA) is 82.5 Å². The summed E-state index contributed by atoms with van der Waals surface area (Å²) in [5, 5.41) is 3.27. The summed E-state index contributed by atoms with van der Waals surface area (Å²) in [6.07, 6.45) is 2.83. The first-order valence-corrected chi connectivity index (χ1v) is 8.84. The van der Waals surface area contributed by atoms with Crippen molar-refractivity contribution in [2.24, 2.45) is 5.16 Å². The SMILES string of the molecule is CCCC=NOC(=O)c1cc(N2C(=O)N(C)C(S)N(C)C2=O)c(F)cc1Cl. The lowest BCUT2D eigenvalue weighted by molar-refractivity contribution is 0.0518. The summed E-state index contributed by atoms with van der Waals surface area (Å²) in [5.41, 5.74) is -1.48. The Morgan fingerprint density at radius 1 is 1.33 bits per heavy atom. The fourth-order valence-corrected chi connectivity index (χ4v) is 2.67. The largest absolute Gasteiger partial charge is 0.367 e. The van der Waals surface area contributed by atoms with Gasteiger partial charge in [0.25, 0.3) is 0 Å². The van der Waals surface area contributed by atoms with Crippen molar-refractivity contribution >= 4 is 54.2 Å². The molecule has 0 radical (unpaired) electrons. The molecule has 1 heterocycles. The number of rotatable bonds is 5. The minimum Gasteiger partial charge on any atom is -0.313 e. The first kappa shape index (κ1) is 21.0. The summed E-state index contributed by atoms with van der Waals surface area (Å²) in [5.74, 6) is -1.90. The molecule has 11 heteroatoms. The third kappa shape index (κ3) is 4.16. The molecule has 0 unspecified atom stereocenters. The smallest absolute Gasteiger partial charge is 0.313 e. The highest BCUT2D eigenvalue weighted by Crippen LogP contribution is 2.31. The van der Waals surface area contributed by atoms with E-state index in [9.17, 15) is 18.8 Å². The highest BCUT2D eigenvalue weighted by atomic mass is 35.5. The number of oxime groups is 1. The molecule has 1 fully saturated rings. The molecule has 4 amide bonds. The molecule has 1 aliphatic heterocycles. The van der Waals surface area contributed by atoms with E-state index in [0.717, 1.165) is 28.4 Å². The number of nitrogens with zero attached hydrogens (tertiary/aromatic N) is 4. The predicted octanol–water partition coefficient (Wildman–Crippen LogP) is 3.56. The van der Waals surface area contributed by atoms with Crippen LogP contribution in [0.1, 0.15) is 30.1 Å². The lowest BCUT2D eigenvalue weighted by Gasteiger charge is -2.41. The van der Waals surface area contributed by atoms with E-state index in [1.165, 1.54) is 20.3 Å². The fraction of sp³-hybridized carbons (Fsp3) is 0.375. The first-order valence-electron chi connectivity index (χ1n) is 7.94. The number of hydrogen-bond acceptors (Lipinski definition) is 6. The molecular weight excluding hydrogens is 399 g/mol. The number of imide groups is 1. The summed E-state index contributed by atoms with van der Waals surface area (Å²) < 4.78 is 14.5. The van der Waals surface area contributed by atoms with Crippen LogP contribution in [0.15, 0.2) is 17.3 Å². The molecule has 0 aromatic heterocycles. The summed E-state index contributed by atoms with van der Waals surface area (Å²) >= 11 is 10.1. The van der Waals surface area contributed by atoms with E-state index in [4.69, 9.17) is 16.4 Å². The van der Waals surface area contributed by atoms with Crippen molar-refractivity contribution in [1.29, 1.82) is 0 Å². The van der Waals surface area contributed by atoms with Crippen LogP contribution >= 0.6 is 24.2 Å². The fourth-order valence-electron chi connectivity index (χ4n) is 2.24. The number of carbonyl (C=O) groups is 3. The highest BCUT2D eigenvalue weighted by Gasteiger charge is 2.41. The van der Waals surface area contributed by atoms with E-state index in [1.807, 2.05) is 6.92 Å². The van der Waals surface area contributed by atoms with Crippen LogP contribution in [0.25, 0.3) is 0 Å². The summed E-state index contributed by atoms with van der Waals surface area (Å²) in [4.78, 5) is 44.7. The van der Waals surface area contributed by atoms with Crippen LogP contribution < -0.4 is 4.90 Å². The molecule has 0 bridgehead atoms. The van der Waals surface area contributed by atoms with Gasteiger partial charge >= 0.3 is 18.0 Å². The molecular formula is C16H18ClFN4O4S. The zero-order valence-electron chi connectivity index (χ0n) is 14.8. The van der Waals surface area contributed by atoms with E-state index in [2.05, 4.69) is 17.8 Å². The zero-order chi connectivity index (χ0) is 20.3. The molecule has 0 saturated carbocycles. The van der Waals surface area contributed by atoms with Crippen LogP contribution in [0.3, 0.4) is 0 Å². The number of halogens is 2. The van der Waals surface area contributed by atoms with Crippen LogP contribution in [0.2, 0.25) is 5.02 Å². The average Bonchev–Trinajstić information content (AvgIpc) is 2.63. The second-order valence-corrected chi connectivity index (χ2v) is 6.58. The Kier molecular flexibility index (Phi) is 6.66. The van der Waals surface area contributed by atoms with Gasteiger partial charge in [0.1, 0.15) is 5.82 Å². The van der Waals surface area contributed by atoms with Crippen LogP contribution in [-0.2, 0) is 4.84 Å². The van der Waals surface area contributed by atoms with E-state index in [0.29, 0.717) is 11.3 Å². The molecule has 146 valence electrons. The third-order valence-electron chi connectivity index (χ3n) is 3.80. The Hall–Kier alpha value is -2.33. The van der Waals surface area contributed by atoms with Gasteiger partial charge in [0.05, 0.1) is 16.3 Å². The molecule has 0 atom stereocenters. The molecule has 8 nitrogen and oxygen atoms in total. The molecule has 1 aliphatic rings. The number of benzene rings is 1. The van der Waals surface area contributed by atoms with Gasteiger partial charge in [-0.1, -0.05) is 30.1 Å². The van der Waals surface area contributed by atoms with Crippen LogP contribution in [0.4, 0.5) is 19.7 Å². The van der Waals surface area contributed by atoms with Crippen molar-refractivity contribution < 1.29 is 23.6 Å². The van der Waals surface area contributed by atoms with Crippen molar-refractivity contribution in [3.05, 3.63) is 28.5 Å². The van der Waals surface area contributed by atoms with E-state index < -0.39 is 35.0 Å². The van der Waals surface area contributed by atoms with Crippen molar-refractivity contribution in [2.45, 2.75) is 25.3 Å². The molecule has 2 rings (SSSR count). The maximum atomic E-state index is 14.5. The molecule has 0 N–H and O–H groups in total. The Labute approximate surface area is 165 Å². The van der Waals surface area contributed by atoms with Gasteiger partial charge in [0.15, 0.2) is 5.50 Å². The summed E-state index contributed by atoms with van der Waals surface area (Å²) in [6, 6.07) is 0.196. The predicted molar refractivity (Wildman–Crippen MR) is 102 cm³/mol. The number of carbonyl (C=O) groups excluding carboxylic acids is 3. The molecule has 1 aromatic rings. The summed E-state index contributed by atoms with van der Waals surface area (Å²) in [7, 11) is 2.81. The normalized spacial score (nSPS) is 15.9. The number of hydrogen-bond donors (Lipinski definition) is 1. The van der Waals surface area contributed by atoms with Gasteiger partial charge in [-0.15, -0.1) is 12.6 Å². The van der Waals surface area contributed by atoms with Crippen LogP contribution in [0, 0.1) is 5.82 Å². The lowest BCUT2D eigenvalue weighted by atomic mass is 10.1. The molecule has 1 aromatic carbocycles. The van der Waals surface area contributed by atoms with Gasteiger partial charge in [-0.05, 0) is 18.6 Å². The van der Waals surface area contributed by atoms with Crippen molar-refractivity contribution in [2.75, 3.05) is 19.0 Å². The third-order valence-corrected chi connectivity index (χ3v) is 4.81. The van der Waals surface area contributed by atoms with Crippen molar-refractivity contribution in [1.82, 2.24) is 9.80 Å². The number of urea groups is 2. The quantitative estimate of drug-likeness (QED) is 0.344. The first-order chi connectivity index (χ1) is 12.7. The van der Waals surface area contributed by atoms with Crippen LogP contribution in [0.5, 0.6) is 0 Å². The summed E-state index contributed by atoms with van der Waals surface area (Å²) in [6.45, 7) is 1.92. The van der Waals surface area contributed by atoms with E-state index in [-0.39, 0.29) is 10.6 Å². The average molecular weight is 417 g/mol. The van der Waals surface area contributed by atoms with Gasteiger partial charge in [0, 0.05) is 20.3 Å². The number of amides is 4. The molecule has 1 saturated heterocycles. The Morgan fingerprint density at radius 3 is 2.48 bits per heavy atom. The Bertz CT molecular complexity index is 785. The Balaban J connectivity index is 2.41. The molecule has 27 heavy (non-hydrogen) atoms. The van der Waals surface area contributed by atoms with Crippen molar-refractivity contribution in [3.63, 3.8) is 0 Å². The van der Waals surface area contributed by atoms with Gasteiger partial charge < -0.3 is 4.84 Å². The van der Waals surface area contributed by atoms with Gasteiger partial charge in [-0.3, -0.25) is 9.80 Å². The number of anilines is 1. The maximum Gasteiger partial charge on any atom is 0.367 e. The highest BCUT2D eigenvalue weighted by molar-refractivity contribution is 7.80. The van der Waals surface area contributed by atoms with Crippen LogP contribution in [-0.4, -0.2) is 53.6 Å². The second kappa shape index (κ2) is 8.57. The lowest BCUT2D eigenvalue weighted by Crippen LogP contribution is -2.62. The van der Waals surface area contributed by atoms with E-state index in [1.54, 1.807) is 0 Å². The minimum absolute atomic E-state index is 0.236. The van der Waals surface area contributed by atoms with Gasteiger partial charge in [-0.25, -0.2) is 23.7 Å². The minimum atomic E-state index is -0.952. The molecule has 0 spiro atoms. The number of thiol groups is 1. The second-order valence-electron chi connectivity index (χ2n) is 5.71. The monoisotopic (exact) mass is 416 g/mol.